The molecule has 2 heterocycles. The van der Waals surface area contributed by atoms with E-state index in [0.717, 1.165) is 38.7 Å². The maximum atomic E-state index is 15.4. The Kier molecular flexibility index (Phi) is 5.67. The Morgan fingerprint density at radius 2 is 1.42 bits per heavy atom. The lowest BCUT2D eigenvalue weighted by atomic mass is 9.83. The lowest BCUT2D eigenvalue weighted by Crippen LogP contribution is -2.31. The topological polar surface area (TPSA) is 17.0 Å². The number of hydrogen-bond acceptors (Lipinski definition) is 1. The first-order valence-corrected chi connectivity index (χ1v) is 13.1. The van der Waals surface area contributed by atoms with Gasteiger partial charge in [-0.25, -0.2) is 8.96 Å². The molecule has 0 N–H and O–H groups in total. The number of fused-ring (bicyclic) bond motifs is 3. The fourth-order valence-electron chi connectivity index (χ4n) is 6.05. The molecule has 36 heavy (non-hydrogen) atoms. The maximum Gasteiger partial charge on any atom is 0.216 e. The Morgan fingerprint density at radius 1 is 0.750 bits per heavy atom. The summed E-state index contributed by atoms with van der Waals surface area (Å²) in [5.41, 5.74) is 10.0. The molecule has 0 bridgehead atoms. The van der Waals surface area contributed by atoms with Crippen LogP contribution in [0.15, 0.2) is 65.2 Å². The van der Waals surface area contributed by atoms with Crippen molar-refractivity contribution in [1.82, 2.24) is 0 Å². The number of benzene rings is 3. The largest absolute Gasteiger partial charge is 0.454 e. The third-order valence-electron chi connectivity index (χ3n) is 8.24. The van der Waals surface area contributed by atoms with Gasteiger partial charge in [0, 0.05) is 22.4 Å². The molecule has 6 rings (SSSR count). The van der Waals surface area contributed by atoms with Crippen LogP contribution in [0, 0.1) is 26.6 Å². The van der Waals surface area contributed by atoms with Gasteiger partial charge in [0.2, 0.25) is 5.69 Å². The van der Waals surface area contributed by atoms with Gasteiger partial charge in [0.05, 0.1) is 11.1 Å². The van der Waals surface area contributed by atoms with Crippen LogP contribution in [0.1, 0.15) is 60.3 Å². The summed E-state index contributed by atoms with van der Waals surface area (Å²) < 4.78 is 24.1. The highest BCUT2D eigenvalue weighted by molar-refractivity contribution is 6.13. The minimum Gasteiger partial charge on any atom is -0.454 e. The molecule has 0 spiro atoms. The van der Waals surface area contributed by atoms with Gasteiger partial charge in [-0.3, -0.25) is 0 Å². The van der Waals surface area contributed by atoms with Gasteiger partial charge < -0.3 is 4.42 Å². The van der Waals surface area contributed by atoms with Crippen LogP contribution >= 0.6 is 0 Å². The van der Waals surface area contributed by atoms with Crippen molar-refractivity contribution in [3.8, 4) is 22.4 Å². The van der Waals surface area contributed by atoms with Crippen LogP contribution in [0.25, 0.3) is 44.3 Å². The van der Waals surface area contributed by atoms with Gasteiger partial charge in [-0.1, -0.05) is 55.7 Å². The number of aryl methyl sites for hydroxylation is 4. The van der Waals surface area contributed by atoms with Gasteiger partial charge in [0.25, 0.3) is 0 Å². The van der Waals surface area contributed by atoms with Crippen LogP contribution < -0.4 is 4.57 Å². The summed E-state index contributed by atoms with van der Waals surface area (Å²) in [6.07, 6.45) is 8.62. The number of furan rings is 1. The van der Waals surface area contributed by atoms with E-state index in [2.05, 4.69) is 81.0 Å². The molecule has 0 saturated heterocycles. The van der Waals surface area contributed by atoms with E-state index >= 15 is 4.39 Å². The SMILES string of the molecule is Cc1cc(-c2c(C)ccc3c2oc2c(-c4ccc(C5CCCCC5)cc4)c(F)ccc23)[n+](C)cc1C. The van der Waals surface area contributed by atoms with Gasteiger partial charge >= 0.3 is 0 Å². The van der Waals surface area contributed by atoms with Crippen molar-refractivity contribution >= 4 is 21.9 Å². The van der Waals surface area contributed by atoms with Gasteiger partial charge in [-0.15, -0.1) is 0 Å². The smallest absolute Gasteiger partial charge is 0.216 e. The Bertz CT molecular complexity index is 1600. The zero-order valence-corrected chi connectivity index (χ0v) is 21.6. The quantitative estimate of drug-likeness (QED) is 0.237. The van der Waals surface area contributed by atoms with Gasteiger partial charge in [0.1, 0.15) is 24.0 Å². The summed E-state index contributed by atoms with van der Waals surface area (Å²) in [7, 11) is 2.07. The first-order chi connectivity index (χ1) is 17.4. The van der Waals surface area contributed by atoms with E-state index in [0.29, 0.717) is 17.1 Å². The number of pyridine rings is 1. The molecule has 0 unspecified atom stereocenters. The summed E-state index contributed by atoms with van der Waals surface area (Å²) in [6.45, 7) is 6.38. The van der Waals surface area contributed by atoms with Crippen molar-refractivity contribution in [3.05, 3.63) is 88.9 Å². The third kappa shape index (κ3) is 3.73. The van der Waals surface area contributed by atoms with Crippen molar-refractivity contribution in [3.63, 3.8) is 0 Å². The van der Waals surface area contributed by atoms with Crippen molar-refractivity contribution in [2.24, 2.45) is 7.05 Å². The molecule has 1 aliphatic carbocycles. The summed E-state index contributed by atoms with van der Waals surface area (Å²) in [6, 6.07) is 18.4. The first kappa shape index (κ1) is 23.0. The number of nitrogens with zero attached hydrogens (tertiary/aromatic N) is 1. The predicted molar refractivity (Wildman–Crippen MR) is 146 cm³/mol. The highest BCUT2D eigenvalue weighted by Gasteiger charge is 2.24. The second kappa shape index (κ2) is 8.89. The molecular weight excluding hydrogens is 445 g/mol. The van der Waals surface area contributed by atoms with Crippen molar-refractivity contribution in [1.29, 1.82) is 0 Å². The van der Waals surface area contributed by atoms with Crippen LogP contribution in [0.2, 0.25) is 0 Å². The molecule has 0 amide bonds. The molecule has 1 saturated carbocycles. The van der Waals surface area contributed by atoms with E-state index in [1.807, 2.05) is 6.07 Å². The fourth-order valence-corrected chi connectivity index (χ4v) is 6.05. The molecule has 3 heteroatoms. The lowest BCUT2D eigenvalue weighted by Gasteiger charge is -2.22. The van der Waals surface area contributed by atoms with E-state index in [-0.39, 0.29) is 5.82 Å². The highest BCUT2D eigenvalue weighted by atomic mass is 19.1. The number of halogens is 1. The second-order valence-electron chi connectivity index (χ2n) is 10.6. The van der Waals surface area contributed by atoms with Crippen molar-refractivity contribution in [2.45, 2.75) is 58.8 Å². The van der Waals surface area contributed by atoms with E-state index in [1.165, 1.54) is 48.8 Å². The molecule has 5 aromatic rings. The van der Waals surface area contributed by atoms with Gasteiger partial charge in [0.15, 0.2) is 6.20 Å². The normalized spacial score (nSPS) is 14.7. The predicted octanol–water partition coefficient (Wildman–Crippen LogP) is 8.86. The monoisotopic (exact) mass is 478 g/mol. The highest BCUT2D eigenvalue weighted by Crippen LogP contribution is 2.42. The molecule has 1 aliphatic rings. The average molecular weight is 479 g/mol. The van der Waals surface area contributed by atoms with Crippen LogP contribution in [0.4, 0.5) is 4.39 Å². The lowest BCUT2D eigenvalue weighted by molar-refractivity contribution is -0.660. The van der Waals surface area contributed by atoms with Crippen LogP contribution in [-0.4, -0.2) is 0 Å². The number of hydrogen-bond donors (Lipinski definition) is 0. The fraction of sp³-hybridized carbons (Fsp3) is 0.303. The summed E-state index contributed by atoms with van der Waals surface area (Å²) in [5, 5.41) is 1.97. The van der Waals surface area contributed by atoms with Crippen LogP contribution in [0.3, 0.4) is 0 Å². The standard InChI is InChI=1S/C33H33FNO/c1-20-10-15-26-27-16-17-28(34)31(25-13-11-24(12-14-25)23-8-6-5-7-9-23)33(27)36-32(26)30(20)29-18-21(2)22(3)19-35(29)4/h10-19,23H,5-9H2,1-4H3/q+1. The molecule has 2 aromatic heterocycles. The van der Waals surface area contributed by atoms with Gasteiger partial charge in [-0.05, 0) is 73.9 Å². The number of rotatable bonds is 3. The van der Waals surface area contributed by atoms with Crippen molar-refractivity contribution in [2.75, 3.05) is 0 Å². The zero-order chi connectivity index (χ0) is 25.0. The zero-order valence-electron chi connectivity index (χ0n) is 21.6. The third-order valence-corrected chi connectivity index (χ3v) is 8.24. The molecule has 0 atom stereocenters. The molecule has 182 valence electrons. The summed E-state index contributed by atoms with van der Waals surface area (Å²) >= 11 is 0. The Hall–Kier alpha value is -3.46. The Morgan fingerprint density at radius 3 is 2.14 bits per heavy atom. The first-order valence-electron chi connectivity index (χ1n) is 13.1. The summed E-state index contributed by atoms with van der Waals surface area (Å²) in [4.78, 5) is 0. The molecule has 3 aromatic carbocycles. The van der Waals surface area contributed by atoms with Crippen LogP contribution in [0.5, 0.6) is 0 Å². The Balaban J connectivity index is 1.55. The Labute approximate surface area is 212 Å². The van der Waals surface area contributed by atoms with E-state index in [1.54, 1.807) is 6.07 Å². The van der Waals surface area contributed by atoms with Gasteiger partial charge in [-0.2, -0.15) is 0 Å². The summed E-state index contributed by atoms with van der Waals surface area (Å²) in [5.74, 6) is 0.380. The van der Waals surface area contributed by atoms with E-state index < -0.39 is 0 Å². The van der Waals surface area contributed by atoms with E-state index in [9.17, 15) is 0 Å². The molecule has 0 radical (unpaired) electrons. The van der Waals surface area contributed by atoms with Crippen molar-refractivity contribution < 1.29 is 13.4 Å². The second-order valence-corrected chi connectivity index (χ2v) is 10.6. The molecule has 0 aliphatic heterocycles. The molecular formula is C33H33FNO+. The molecule has 1 fully saturated rings. The number of aromatic nitrogens is 1. The minimum atomic E-state index is -0.248. The van der Waals surface area contributed by atoms with E-state index in [4.69, 9.17) is 4.42 Å². The molecule has 2 nitrogen and oxygen atoms in total. The average Bonchev–Trinajstić information content (AvgIpc) is 3.25. The maximum absolute atomic E-state index is 15.4. The van der Waals surface area contributed by atoms with Crippen LogP contribution in [-0.2, 0) is 7.05 Å². The minimum absolute atomic E-state index is 0.248.